The zero-order valence-electron chi connectivity index (χ0n) is 15.1. The third-order valence-corrected chi connectivity index (χ3v) is 4.77. The molecule has 0 aliphatic carbocycles. The van der Waals surface area contributed by atoms with Gasteiger partial charge in [-0.15, -0.1) is 0 Å². The maximum Gasteiger partial charge on any atom is 0.328 e. The van der Waals surface area contributed by atoms with Crippen molar-refractivity contribution in [1.29, 1.82) is 0 Å². The second-order valence-corrected chi connectivity index (χ2v) is 6.82. The Morgan fingerprint density at radius 2 is 1.62 bits per heavy atom. The quantitative estimate of drug-likeness (QED) is 0.509. The smallest absolute Gasteiger partial charge is 0.328 e. The van der Waals surface area contributed by atoms with Crippen LogP contribution in [0.1, 0.15) is 11.1 Å². The first-order chi connectivity index (χ1) is 14.0. The van der Waals surface area contributed by atoms with E-state index >= 15 is 0 Å². The van der Waals surface area contributed by atoms with Gasteiger partial charge >= 0.3 is 6.03 Å². The van der Waals surface area contributed by atoms with E-state index in [0.717, 1.165) is 16.3 Å². The van der Waals surface area contributed by atoms with Crippen molar-refractivity contribution in [3.8, 4) is 5.75 Å². The monoisotopic (exact) mass is 406 g/mol. The minimum atomic E-state index is -0.840. The summed E-state index contributed by atoms with van der Waals surface area (Å²) in [6.45, 7) is 0.342. The largest absolute Gasteiger partial charge is 0.487 e. The summed E-state index contributed by atoms with van der Waals surface area (Å²) in [5.41, 5.74) is 1.39. The van der Waals surface area contributed by atoms with Crippen molar-refractivity contribution in [3.63, 3.8) is 0 Å². The Morgan fingerprint density at radius 1 is 0.897 bits per heavy atom. The number of hydrogen-bond acceptors (Lipinski definition) is 4. The molecule has 2 N–H and O–H groups in total. The van der Waals surface area contributed by atoms with Gasteiger partial charge in [0.05, 0.1) is 5.02 Å². The molecule has 0 bridgehead atoms. The molecule has 6 nitrogen and oxygen atoms in total. The van der Waals surface area contributed by atoms with Crippen molar-refractivity contribution < 1.29 is 19.1 Å². The van der Waals surface area contributed by atoms with Crippen LogP contribution in [-0.2, 0) is 16.2 Å². The van der Waals surface area contributed by atoms with E-state index in [0.29, 0.717) is 22.9 Å². The molecule has 4 amide bonds. The average molecular weight is 407 g/mol. The number of nitrogens with one attached hydrogen (secondary N) is 2. The molecule has 7 heteroatoms. The van der Waals surface area contributed by atoms with Crippen LogP contribution in [0.4, 0.5) is 4.79 Å². The number of carbonyl (C=O) groups is 3. The summed E-state index contributed by atoms with van der Waals surface area (Å²) in [5.74, 6) is -1.04. The van der Waals surface area contributed by atoms with Crippen molar-refractivity contribution in [2.45, 2.75) is 6.61 Å². The molecular weight excluding hydrogens is 392 g/mol. The van der Waals surface area contributed by atoms with Crippen LogP contribution in [0.2, 0.25) is 5.02 Å². The third-order valence-electron chi connectivity index (χ3n) is 4.47. The Labute approximate surface area is 171 Å². The van der Waals surface area contributed by atoms with E-state index in [2.05, 4.69) is 0 Å². The molecule has 1 fully saturated rings. The van der Waals surface area contributed by atoms with Crippen LogP contribution >= 0.6 is 11.6 Å². The number of rotatable bonds is 4. The Balaban J connectivity index is 1.53. The number of benzene rings is 3. The molecule has 1 heterocycles. The van der Waals surface area contributed by atoms with Gasteiger partial charge in [-0.3, -0.25) is 20.2 Å². The molecule has 144 valence electrons. The zero-order valence-corrected chi connectivity index (χ0v) is 15.8. The molecular formula is C22H15ClN2O4. The molecule has 3 aromatic carbocycles. The molecule has 0 unspecified atom stereocenters. The lowest BCUT2D eigenvalue weighted by Crippen LogP contribution is -2.51. The van der Waals surface area contributed by atoms with E-state index in [1.807, 2.05) is 53.1 Å². The maximum absolute atomic E-state index is 11.8. The van der Waals surface area contributed by atoms with Crippen molar-refractivity contribution in [3.05, 3.63) is 82.4 Å². The van der Waals surface area contributed by atoms with Crippen LogP contribution in [0.5, 0.6) is 5.75 Å². The Bertz CT molecular complexity index is 1160. The molecule has 0 atom stereocenters. The van der Waals surface area contributed by atoms with Crippen LogP contribution in [0, 0.1) is 0 Å². The van der Waals surface area contributed by atoms with E-state index in [9.17, 15) is 14.4 Å². The van der Waals surface area contributed by atoms with Crippen molar-refractivity contribution in [1.82, 2.24) is 10.6 Å². The number of fused-ring (bicyclic) bond motifs is 1. The van der Waals surface area contributed by atoms with Gasteiger partial charge in [-0.2, -0.15) is 0 Å². The lowest BCUT2D eigenvalue weighted by Gasteiger charge is -2.14. The number of barbiturate groups is 1. The second-order valence-electron chi connectivity index (χ2n) is 6.41. The number of ether oxygens (including phenoxy) is 1. The summed E-state index contributed by atoms with van der Waals surface area (Å²) in [6.07, 6.45) is 1.36. The highest BCUT2D eigenvalue weighted by Crippen LogP contribution is 2.28. The van der Waals surface area contributed by atoms with Gasteiger partial charge < -0.3 is 4.74 Å². The molecule has 0 radical (unpaired) electrons. The number of urea groups is 1. The first-order valence-corrected chi connectivity index (χ1v) is 9.16. The lowest BCUT2D eigenvalue weighted by atomic mass is 10.1. The normalized spacial score (nSPS) is 13.8. The Hall–Kier alpha value is -3.64. The first kappa shape index (κ1) is 18.7. The highest BCUT2D eigenvalue weighted by atomic mass is 35.5. The summed E-state index contributed by atoms with van der Waals surface area (Å²) in [5, 5.41) is 6.62. The number of amides is 4. The zero-order chi connectivity index (χ0) is 20.4. The standard InChI is InChI=1S/C22H15ClN2O4/c23-18-11-13(10-17-20(26)24-22(28)25-21(17)27)8-9-19(18)29-12-15-6-3-5-14-4-1-2-7-16(14)15/h1-11H,12H2,(H2,24,25,26,27,28). The minimum absolute atomic E-state index is 0.176. The number of imide groups is 2. The number of hydrogen-bond donors (Lipinski definition) is 2. The summed E-state index contributed by atoms with van der Waals surface area (Å²) < 4.78 is 5.88. The van der Waals surface area contributed by atoms with Crippen molar-refractivity contribution >= 4 is 46.3 Å². The predicted octanol–water partition coefficient (Wildman–Crippen LogP) is 3.82. The first-order valence-electron chi connectivity index (χ1n) is 8.78. The van der Waals surface area contributed by atoms with Gasteiger partial charge in [-0.25, -0.2) is 4.79 Å². The number of carbonyl (C=O) groups excluding carboxylic acids is 3. The third kappa shape index (κ3) is 3.97. The minimum Gasteiger partial charge on any atom is -0.487 e. The topological polar surface area (TPSA) is 84.5 Å². The molecule has 1 saturated heterocycles. The van der Waals surface area contributed by atoms with E-state index in [-0.39, 0.29) is 5.57 Å². The second kappa shape index (κ2) is 7.77. The fourth-order valence-corrected chi connectivity index (χ4v) is 3.31. The molecule has 4 rings (SSSR count). The molecule has 3 aromatic rings. The van der Waals surface area contributed by atoms with E-state index < -0.39 is 17.8 Å². The van der Waals surface area contributed by atoms with Crippen LogP contribution in [0.15, 0.2) is 66.2 Å². The molecule has 1 aliphatic rings. The Morgan fingerprint density at radius 3 is 2.38 bits per heavy atom. The van der Waals surface area contributed by atoms with Gasteiger partial charge in [0.2, 0.25) is 0 Å². The highest BCUT2D eigenvalue weighted by Gasteiger charge is 2.27. The van der Waals surface area contributed by atoms with Gasteiger partial charge in [0.25, 0.3) is 11.8 Å². The van der Waals surface area contributed by atoms with Gasteiger partial charge in [0, 0.05) is 0 Å². The summed E-state index contributed by atoms with van der Waals surface area (Å²) in [4.78, 5) is 34.8. The molecule has 0 spiro atoms. The summed E-state index contributed by atoms with van der Waals surface area (Å²) in [7, 11) is 0. The summed E-state index contributed by atoms with van der Waals surface area (Å²) >= 11 is 6.32. The van der Waals surface area contributed by atoms with E-state index in [1.54, 1.807) is 18.2 Å². The van der Waals surface area contributed by atoms with Crippen molar-refractivity contribution in [2.24, 2.45) is 0 Å². The predicted molar refractivity (Wildman–Crippen MR) is 109 cm³/mol. The average Bonchev–Trinajstić information content (AvgIpc) is 2.70. The van der Waals surface area contributed by atoms with Crippen LogP contribution in [-0.4, -0.2) is 17.8 Å². The van der Waals surface area contributed by atoms with Gasteiger partial charge in [0.1, 0.15) is 17.9 Å². The van der Waals surface area contributed by atoms with Crippen molar-refractivity contribution in [2.75, 3.05) is 0 Å². The fraction of sp³-hybridized carbons (Fsp3) is 0.0455. The van der Waals surface area contributed by atoms with Gasteiger partial charge in [-0.05, 0) is 40.1 Å². The van der Waals surface area contributed by atoms with E-state index in [4.69, 9.17) is 16.3 Å². The number of halogens is 1. The van der Waals surface area contributed by atoms with Crippen LogP contribution in [0.25, 0.3) is 16.8 Å². The van der Waals surface area contributed by atoms with Crippen LogP contribution in [0.3, 0.4) is 0 Å². The Kier molecular flexibility index (Phi) is 5.01. The SMILES string of the molecule is O=C1NC(=O)C(=Cc2ccc(OCc3cccc4ccccc34)c(Cl)c2)C(=O)N1. The van der Waals surface area contributed by atoms with Gasteiger partial charge in [0.15, 0.2) is 0 Å². The lowest BCUT2D eigenvalue weighted by molar-refractivity contribution is -0.123. The maximum atomic E-state index is 11.8. The van der Waals surface area contributed by atoms with E-state index in [1.165, 1.54) is 6.08 Å². The summed E-state index contributed by atoms with van der Waals surface area (Å²) in [6, 6.07) is 18.1. The fourth-order valence-electron chi connectivity index (χ4n) is 3.07. The molecule has 0 saturated carbocycles. The molecule has 0 aromatic heterocycles. The highest BCUT2D eigenvalue weighted by molar-refractivity contribution is 6.33. The molecule has 29 heavy (non-hydrogen) atoms. The molecule has 1 aliphatic heterocycles. The van der Waals surface area contributed by atoms with Crippen LogP contribution < -0.4 is 15.4 Å². The van der Waals surface area contributed by atoms with Gasteiger partial charge in [-0.1, -0.05) is 60.1 Å².